The van der Waals surface area contributed by atoms with Crippen molar-refractivity contribution < 1.29 is 4.74 Å². The van der Waals surface area contributed by atoms with E-state index in [-0.39, 0.29) is 0 Å². The van der Waals surface area contributed by atoms with Crippen molar-refractivity contribution in [2.24, 2.45) is 7.05 Å². The Hall–Kier alpha value is -1.14. The molecular weight excluding hydrogens is 224 g/mol. The van der Waals surface area contributed by atoms with Crippen LogP contribution < -0.4 is 10.6 Å². The molecule has 5 nitrogen and oxygen atoms in total. The van der Waals surface area contributed by atoms with E-state index in [0.717, 1.165) is 25.4 Å². The molecule has 0 spiro atoms. The van der Waals surface area contributed by atoms with Crippen LogP contribution in [0.25, 0.3) is 0 Å². The van der Waals surface area contributed by atoms with Gasteiger partial charge in [0.25, 0.3) is 0 Å². The molecule has 0 radical (unpaired) electrons. The lowest BCUT2D eigenvalue weighted by Gasteiger charge is -2.09. The van der Waals surface area contributed by atoms with E-state index in [0.29, 0.717) is 11.7 Å². The second-order valence-electron chi connectivity index (χ2n) is 3.41. The van der Waals surface area contributed by atoms with Crippen LogP contribution in [-0.2, 0) is 18.3 Å². The number of hydrogen-bond donors (Lipinski definition) is 2. The number of nitrogens with one attached hydrogen (secondary N) is 2. The van der Waals surface area contributed by atoms with E-state index in [4.69, 9.17) is 17.0 Å². The molecule has 0 aliphatic heterocycles. The number of methoxy groups -OCH3 is 1. The fourth-order valence-corrected chi connectivity index (χ4v) is 1.38. The summed E-state index contributed by atoms with van der Waals surface area (Å²) in [6, 6.07) is 0. The summed E-state index contributed by atoms with van der Waals surface area (Å²) in [4.78, 5) is 4.19. The van der Waals surface area contributed by atoms with Gasteiger partial charge in [0.2, 0.25) is 0 Å². The third-order valence-electron chi connectivity index (χ3n) is 2.14. The molecule has 1 rings (SSSR count). The lowest BCUT2D eigenvalue weighted by atomic mass is 10.4. The van der Waals surface area contributed by atoms with Gasteiger partial charge in [-0.1, -0.05) is 0 Å². The molecule has 1 heterocycles. The van der Waals surface area contributed by atoms with Crippen molar-refractivity contribution in [3.8, 4) is 0 Å². The first-order valence-electron chi connectivity index (χ1n) is 5.21. The summed E-state index contributed by atoms with van der Waals surface area (Å²) in [5.41, 5.74) is 0. The summed E-state index contributed by atoms with van der Waals surface area (Å²) in [5.74, 6) is 0.959. The van der Waals surface area contributed by atoms with Crippen LogP contribution in [0.3, 0.4) is 0 Å². The average Bonchev–Trinajstić information content (AvgIpc) is 2.67. The zero-order valence-electron chi connectivity index (χ0n) is 9.69. The molecule has 0 fully saturated rings. The molecule has 1 aromatic heterocycles. The molecule has 0 aliphatic rings. The molecule has 0 saturated heterocycles. The second-order valence-corrected chi connectivity index (χ2v) is 3.82. The third kappa shape index (κ3) is 4.59. The number of thiocarbonyl (C=S) groups is 1. The number of imidazole rings is 1. The van der Waals surface area contributed by atoms with Crippen LogP contribution >= 0.6 is 12.2 Å². The molecule has 6 heteroatoms. The highest BCUT2D eigenvalue weighted by atomic mass is 32.1. The van der Waals surface area contributed by atoms with E-state index < -0.39 is 0 Å². The summed E-state index contributed by atoms with van der Waals surface area (Å²) in [7, 11) is 3.65. The van der Waals surface area contributed by atoms with Gasteiger partial charge in [-0.15, -0.1) is 0 Å². The Morgan fingerprint density at radius 2 is 2.38 bits per heavy atom. The number of nitrogens with zero attached hydrogens (tertiary/aromatic N) is 2. The Labute approximate surface area is 101 Å². The first kappa shape index (κ1) is 12.9. The van der Waals surface area contributed by atoms with Gasteiger partial charge in [-0.05, 0) is 18.6 Å². The van der Waals surface area contributed by atoms with Crippen molar-refractivity contribution in [2.75, 3.05) is 20.3 Å². The van der Waals surface area contributed by atoms with Crippen molar-refractivity contribution >= 4 is 17.3 Å². The smallest absolute Gasteiger partial charge is 0.166 e. The Bertz CT molecular complexity index is 326. The number of hydrogen-bond acceptors (Lipinski definition) is 3. The maximum absolute atomic E-state index is 5.12. The van der Waals surface area contributed by atoms with Gasteiger partial charge in [-0.25, -0.2) is 4.98 Å². The summed E-state index contributed by atoms with van der Waals surface area (Å²) in [5, 5.41) is 6.85. The van der Waals surface area contributed by atoms with Crippen LogP contribution in [0, 0.1) is 0 Å². The fraction of sp³-hybridized carbons (Fsp3) is 0.600. The lowest BCUT2D eigenvalue weighted by molar-refractivity contribution is 0.195. The van der Waals surface area contributed by atoms with Gasteiger partial charge in [-0.3, -0.25) is 0 Å². The van der Waals surface area contributed by atoms with Crippen LogP contribution in [0.15, 0.2) is 12.4 Å². The highest BCUT2D eigenvalue weighted by Gasteiger charge is 1.99. The van der Waals surface area contributed by atoms with Crippen LogP contribution in [0.4, 0.5) is 0 Å². The molecule has 1 aromatic rings. The van der Waals surface area contributed by atoms with E-state index in [9.17, 15) is 0 Å². The molecule has 2 N–H and O–H groups in total. The van der Waals surface area contributed by atoms with Gasteiger partial charge in [-0.2, -0.15) is 0 Å². The molecular formula is C10H18N4OS. The minimum Gasteiger partial charge on any atom is -0.385 e. The third-order valence-corrected chi connectivity index (χ3v) is 2.43. The van der Waals surface area contributed by atoms with Crippen molar-refractivity contribution in [3.63, 3.8) is 0 Å². The first-order valence-corrected chi connectivity index (χ1v) is 5.61. The SMILES string of the molecule is COCCCNC(=S)NCc1nccn1C. The first-order chi connectivity index (χ1) is 7.74. The Morgan fingerprint density at radius 1 is 1.56 bits per heavy atom. The Kier molecular flexibility index (Phi) is 5.81. The topological polar surface area (TPSA) is 51.1 Å². The maximum Gasteiger partial charge on any atom is 0.166 e. The van der Waals surface area contributed by atoms with E-state index in [1.807, 2.05) is 17.8 Å². The molecule has 0 aliphatic carbocycles. The minimum atomic E-state index is 0.639. The minimum absolute atomic E-state index is 0.639. The molecule has 90 valence electrons. The van der Waals surface area contributed by atoms with Crippen LogP contribution in [0.2, 0.25) is 0 Å². The summed E-state index contributed by atoms with van der Waals surface area (Å²) in [6.45, 7) is 2.20. The van der Waals surface area contributed by atoms with Crippen molar-refractivity contribution in [2.45, 2.75) is 13.0 Å². The number of ether oxygens (including phenoxy) is 1. The van der Waals surface area contributed by atoms with Crippen LogP contribution in [0.5, 0.6) is 0 Å². The fourth-order valence-electron chi connectivity index (χ4n) is 1.21. The van der Waals surface area contributed by atoms with Gasteiger partial charge >= 0.3 is 0 Å². The standard InChI is InChI=1S/C10H18N4OS/c1-14-6-5-11-9(14)8-13-10(16)12-4-3-7-15-2/h5-6H,3-4,7-8H2,1-2H3,(H2,12,13,16). The average molecular weight is 242 g/mol. The molecule has 0 aromatic carbocycles. The predicted octanol–water partition coefficient (Wildman–Crippen LogP) is 0.421. The van der Waals surface area contributed by atoms with Crippen molar-refractivity contribution in [1.82, 2.24) is 20.2 Å². The highest BCUT2D eigenvalue weighted by molar-refractivity contribution is 7.80. The van der Waals surface area contributed by atoms with E-state index in [2.05, 4.69) is 15.6 Å². The Morgan fingerprint density at radius 3 is 3.00 bits per heavy atom. The quantitative estimate of drug-likeness (QED) is 0.559. The number of rotatable bonds is 6. The zero-order valence-corrected chi connectivity index (χ0v) is 10.5. The molecule has 0 unspecified atom stereocenters. The summed E-state index contributed by atoms with van der Waals surface area (Å²) in [6.07, 6.45) is 4.62. The van der Waals surface area contributed by atoms with Crippen LogP contribution in [-0.4, -0.2) is 34.9 Å². The monoisotopic (exact) mass is 242 g/mol. The lowest BCUT2D eigenvalue weighted by Crippen LogP contribution is -2.36. The molecule has 0 atom stereocenters. The largest absolute Gasteiger partial charge is 0.385 e. The highest BCUT2D eigenvalue weighted by Crippen LogP contribution is 1.92. The predicted molar refractivity (Wildman–Crippen MR) is 67.1 cm³/mol. The van der Waals surface area contributed by atoms with E-state index in [1.165, 1.54) is 0 Å². The van der Waals surface area contributed by atoms with E-state index >= 15 is 0 Å². The van der Waals surface area contributed by atoms with E-state index in [1.54, 1.807) is 13.3 Å². The normalized spacial score (nSPS) is 10.1. The maximum atomic E-state index is 5.12. The molecule has 0 saturated carbocycles. The molecule has 16 heavy (non-hydrogen) atoms. The molecule has 0 bridgehead atoms. The molecule has 0 amide bonds. The van der Waals surface area contributed by atoms with Gasteiger partial charge < -0.3 is 19.9 Å². The van der Waals surface area contributed by atoms with Gasteiger partial charge in [0.1, 0.15) is 5.82 Å². The number of aromatic nitrogens is 2. The van der Waals surface area contributed by atoms with Gasteiger partial charge in [0, 0.05) is 39.7 Å². The van der Waals surface area contributed by atoms with Crippen LogP contribution in [0.1, 0.15) is 12.2 Å². The van der Waals surface area contributed by atoms with Crippen molar-refractivity contribution in [1.29, 1.82) is 0 Å². The Balaban J connectivity index is 2.13. The van der Waals surface area contributed by atoms with Gasteiger partial charge in [0.05, 0.1) is 6.54 Å². The zero-order chi connectivity index (χ0) is 11.8. The second kappa shape index (κ2) is 7.19. The summed E-state index contributed by atoms with van der Waals surface area (Å²) < 4.78 is 6.90. The van der Waals surface area contributed by atoms with Crippen molar-refractivity contribution in [3.05, 3.63) is 18.2 Å². The number of aryl methyl sites for hydroxylation is 1. The summed E-state index contributed by atoms with van der Waals surface area (Å²) >= 11 is 5.12. The van der Waals surface area contributed by atoms with Gasteiger partial charge in [0.15, 0.2) is 5.11 Å².